The van der Waals surface area contributed by atoms with Crippen molar-refractivity contribution in [3.63, 3.8) is 0 Å². The maximum Gasteiger partial charge on any atom is 0.433 e. The summed E-state index contributed by atoms with van der Waals surface area (Å²) >= 11 is 2.83. The molecule has 0 atom stereocenters. The molecule has 27 heavy (non-hydrogen) atoms. The van der Waals surface area contributed by atoms with Gasteiger partial charge in [-0.15, -0.1) is 4.57 Å². The number of non-ortho nitro benzene ring substituents is 1. The molecule has 0 saturated carbocycles. The van der Waals surface area contributed by atoms with Crippen molar-refractivity contribution in [3.05, 3.63) is 74.5 Å². The second-order valence-corrected chi connectivity index (χ2v) is 7.83. The molecule has 1 aliphatic heterocycles. The van der Waals surface area contributed by atoms with Gasteiger partial charge in [-0.2, -0.15) is 0 Å². The zero-order valence-corrected chi connectivity index (χ0v) is 15.8. The van der Waals surface area contributed by atoms with Crippen molar-refractivity contribution in [2.75, 3.05) is 7.11 Å². The minimum Gasteiger partial charge on any atom is -0.496 e. The van der Waals surface area contributed by atoms with Crippen LogP contribution >= 0.6 is 23.1 Å². The minimum atomic E-state index is -0.440. The van der Waals surface area contributed by atoms with Crippen LogP contribution < -0.4 is 9.30 Å². The summed E-state index contributed by atoms with van der Waals surface area (Å²) in [5, 5.41) is 12.9. The Hall–Kier alpha value is -2.97. The fourth-order valence-electron chi connectivity index (χ4n) is 2.81. The van der Waals surface area contributed by atoms with Crippen LogP contribution in [0.5, 0.6) is 5.75 Å². The Morgan fingerprint density at radius 1 is 1.19 bits per heavy atom. The molecule has 0 bridgehead atoms. The van der Waals surface area contributed by atoms with Crippen molar-refractivity contribution in [1.82, 2.24) is 0 Å². The number of nitro groups is 1. The third-order valence-electron chi connectivity index (χ3n) is 4.08. The van der Waals surface area contributed by atoms with Gasteiger partial charge in [0.2, 0.25) is 5.69 Å². The van der Waals surface area contributed by atoms with E-state index in [-0.39, 0.29) is 11.6 Å². The highest BCUT2D eigenvalue weighted by Gasteiger charge is 2.41. The number of carbonyl (C=O) groups excluding carboxylic acids is 1. The van der Waals surface area contributed by atoms with E-state index in [9.17, 15) is 14.9 Å². The first-order valence-corrected chi connectivity index (χ1v) is 9.64. The summed E-state index contributed by atoms with van der Waals surface area (Å²) < 4.78 is 7.77. The van der Waals surface area contributed by atoms with Crippen molar-refractivity contribution in [2.24, 2.45) is 0 Å². The Morgan fingerprint density at radius 2 is 2.00 bits per heavy atom. The van der Waals surface area contributed by atoms with Gasteiger partial charge in [0.25, 0.3) is 5.69 Å². The first-order valence-electron chi connectivity index (χ1n) is 7.94. The van der Waals surface area contributed by atoms with Crippen LogP contribution in [-0.2, 0) is 0 Å². The van der Waals surface area contributed by atoms with Gasteiger partial charge in [0.05, 0.1) is 23.0 Å². The lowest BCUT2D eigenvalue weighted by molar-refractivity contribution is -0.588. The minimum absolute atomic E-state index is 0.00376. The number of rotatable bonds is 4. The van der Waals surface area contributed by atoms with E-state index in [0.29, 0.717) is 21.9 Å². The second kappa shape index (κ2) is 6.98. The second-order valence-electron chi connectivity index (χ2n) is 5.69. The summed E-state index contributed by atoms with van der Waals surface area (Å²) in [5.74, 6) is 0.543. The summed E-state index contributed by atoms with van der Waals surface area (Å²) in [5.41, 5.74) is 2.11. The molecule has 0 spiro atoms. The fraction of sp³-hybridized carbons (Fsp3) is 0.0526. The molecule has 1 aliphatic rings. The van der Waals surface area contributed by atoms with Crippen molar-refractivity contribution in [3.8, 4) is 17.0 Å². The summed E-state index contributed by atoms with van der Waals surface area (Å²) in [6, 6.07) is 13.8. The maximum atomic E-state index is 13.0. The van der Waals surface area contributed by atoms with E-state index < -0.39 is 4.92 Å². The zero-order chi connectivity index (χ0) is 19.0. The van der Waals surface area contributed by atoms with Crippen LogP contribution in [0.25, 0.3) is 17.3 Å². The number of ether oxygens (including phenoxy) is 1. The Bertz CT molecular complexity index is 1100. The largest absolute Gasteiger partial charge is 0.496 e. The first-order chi connectivity index (χ1) is 13.1. The molecule has 6 nitrogen and oxygen atoms in total. The molecular formula is C19H13N2O4S2+. The molecular weight excluding hydrogens is 384 g/mol. The van der Waals surface area contributed by atoms with Gasteiger partial charge in [-0.3, -0.25) is 10.1 Å². The van der Waals surface area contributed by atoms with Gasteiger partial charge in [-0.25, -0.2) is 4.79 Å². The lowest BCUT2D eigenvalue weighted by Gasteiger charge is -2.03. The topological polar surface area (TPSA) is 73.3 Å². The van der Waals surface area contributed by atoms with E-state index in [1.807, 2.05) is 35.7 Å². The average molecular weight is 397 g/mol. The quantitative estimate of drug-likeness (QED) is 0.282. The van der Waals surface area contributed by atoms with Gasteiger partial charge < -0.3 is 4.74 Å². The number of nitro benzene ring substituents is 1. The smallest absolute Gasteiger partial charge is 0.433 e. The molecule has 3 aromatic rings. The summed E-state index contributed by atoms with van der Waals surface area (Å²) in [4.78, 5) is 24.2. The molecule has 0 N–H and O–H groups in total. The number of hydrogen-bond acceptors (Lipinski definition) is 6. The van der Waals surface area contributed by atoms with Crippen LogP contribution in [0.3, 0.4) is 0 Å². The summed E-state index contributed by atoms with van der Waals surface area (Å²) in [6.45, 7) is 0. The highest BCUT2D eigenvalue weighted by atomic mass is 32.2. The lowest BCUT2D eigenvalue weighted by Crippen LogP contribution is -2.40. The van der Waals surface area contributed by atoms with Crippen molar-refractivity contribution in [2.45, 2.75) is 4.34 Å². The molecule has 0 radical (unpaired) electrons. The monoisotopic (exact) mass is 397 g/mol. The molecule has 134 valence electrons. The van der Waals surface area contributed by atoms with Gasteiger partial charge in [0.1, 0.15) is 10.7 Å². The average Bonchev–Trinajstić information content (AvgIpc) is 3.23. The number of allylic oxidation sites excluding steroid dienone is 1. The molecule has 0 fully saturated rings. The summed E-state index contributed by atoms with van der Waals surface area (Å²) in [7, 11) is 1.59. The van der Waals surface area contributed by atoms with Gasteiger partial charge >= 0.3 is 10.2 Å². The predicted molar refractivity (Wildman–Crippen MR) is 104 cm³/mol. The predicted octanol–water partition coefficient (Wildman–Crippen LogP) is 4.41. The van der Waals surface area contributed by atoms with Gasteiger partial charge in [-0.05, 0) is 18.2 Å². The molecule has 2 heterocycles. The number of hydrogen-bond donors (Lipinski definition) is 0. The van der Waals surface area contributed by atoms with Crippen LogP contribution in [0.1, 0.15) is 10.4 Å². The van der Waals surface area contributed by atoms with Gasteiger partial charge in [-0.1, -0.05) is 35.6 Å². The number of para-hydroxylation sites is 1. The third-order valence-corrected chi connectivity index (χ3v) is 6.22. The number of fused-ring (bicyclic) bond motifs is 1. The molecule has 4 rings (SSSR count). The van der Waals surface area contributed by atoms with Crippen LogP contribution in [0.4, 0.5) is 5.69 Å². The van der Waals surface area contributed by atoms with Crippen molar-refractivity contribution >= 4 is 40.8 Å². The molecule has 0 unspecified atom stereocenters. The van der Waals surface area contributed by atoms with Gasteiger partial charge in [0.15, 0.2) is 0 Å². The number of methoxy groups -OCH3 is 1. The zero-order valence-electron chi connectivity index (χ0n) is 14.1. The molecule has 2 aromatic carbocycles. The van der Waals surface area contributed by atoms with Gasteiger partial charge in [0, 0.05) is 29.5 Å². The normalized spacial score (nSPS) is 14.4. The van der Waals surface area contributed by atoms with Crippen molar-refractivity contribution < 1.29 is 19.0 Å². The van der Waals surface area contributed by atoms with Crippen molar-refractivity contribution in [1.29, 1.82) is 0 Å². The van der Waals surface area contributed by atoms with Crippen LogP contribution in [-0.4, -0.2) is 17.9 Å². The lowest BCUT2D eigenvalue weighted by atomic mass is 10.1. The number of nitrogens with zero attached hydrogens (tertiary/aromatic N) is 2. The van der Waals surface area contributed by atoms with Crippen LogP contribution in [0.2, 0.25) is 0 Å². The van der Waals surface area contributed by atoms with E-state index in [4.69, 9.17) is 4.74 Å². The molecule has 0 amide bonds. The maximum absolute atomic E-state index is 13.0. The highest BCUT2D eigenvalue weighted by Crippen LogP contribution is 2.39. The molecule has 0 aliphatic carbocycles. The standard InChI is InChI=1S/C19H13N2O4S2/c1-25-16-8-3-2-5-13(16)10-17-18(22)20-15(11-26-19(20)27-17)12-6-4-7-14(9-12)21(23)24/h2-11H,1H3/q+1. The van der Waals surface area contributed by atoms with Crippen LogP contribution in [0.15, 0.2) is 63.2 Å². The number of aromatic nitrogens is 1. The molecule has 8 heteroatoms. The Balaban J connectivity index is 1.74. The van der Waals surface area contributed by atoms with E-state index in [2.05, 4.69) is 0 Å². The summed E-state index contributed by atoms with van der Waals surface area (Å²) in [6.07, 6.45) is 1.81. The molecule has 0 saturated heterocycles. The Kier molecular flexibility index (Phi) is 4.51. The number of benzene rings is 2. The molecule has 1 aromatic heterocycles. The number of carbonyl (C=O) groups is 1. The Labute approximate surface area is 162 Å². The number of thiazole rings is 1. The number of thioether (sulfide) groups is 1. The fourth-order valence-corrected chi connectivity index (χ4v) is 4.99. The third kappa shape index (κ3) is 3.13. The van der Waals surface area contributed by atoms with Crippen LogP contribution in [0, 0.1) is 10.1 Å². The van der Waals surface area contributed by atoms with E-state index in [1.54, 1.807) is 23.8 Å². The Morgan fingerprint density at radius 3 is 2.78 bits per heavy atom. The van der Waals surface area contributed by atoms with E-state index >= 15 is 0 Å². The van der Waals surface area contributed by atoms with E-state index in [0.717, 1.165) is 9.90 Å². The highest BCUT2D eigenvalue weighted by molar-refractivity contribution is 8.05. The first kappa shape index (κ1) is 17.4. The SMILES string of the molecule is COc1ccccc1C=C1Sc2scc(-c3cccc([N+](=O)[O-])c3)[n+]2C1=O. The van der Waals surface area contributed by atoms with E-state index in [1.165, 1.54) is 35.2 Å².